The van der Waals surface area contributed by atoms with Crippen LogP contribution < -0.4 is 10.6 Å². The van der Waals surface area contributed by atoms with Crippen LogP contribution in [0.5, 0.6) is 0 Å². The van der Waals surface area contributed by atoms with Crippen molar-refractivity contribution >= 4 is 11.7 Å². The van der Waals surface area contributed by atoms with Crippen LogP contribution in [-0.2, 0) is 22.6 Å². The number of rotatable bonds is 8. The first-order valence-corrected chi connectivity index (χ1v) is 9.64. The average Bonchev–Trinajstić information content (AvgIpc) is 3.29. The Hall–Kier alpha value is -2.50. The van der Waals surface area contributed by atoms with Crippen molar-refractivity contribution in [3.05, 3.63) is 23.3 Å². The molecule has 1 saturated heterocycles. The summed E-state index contributed by atoms with van der Waals surface area (Å²) < 4.78 is 17.8. The molecule has 160 valence electrons. The Morgan fingerprint density at radius 2 is 2.24 bits per heavy atom. The van der Waals surface area contributed by atoms with Crippen molar-refractivity contribution in [2.24, 2.45) is 0 Å². The number of urea groups is 1. The summed E-state index contributed by atoms with van der Waals surface area (Å²) in [5.41, 5.74) is 1.94. The lowest BCUT2D eigenvalue weighted by atomic mass is 9.97. The Morgan fingerprint density at radius 1 is 1.41 bits per heavy atom. The number of hydrogen-bond acceptors (Lipinski definition) is 8. The molecule has 3 heterocycles. The summed E-state index contributed by atoms with van der Waals surface area (Å²) in [6.07, 6.45) is 3.57. The molecule has 0 aromatic carbocycles. The van der Waals surface area contributed by atoms with Crippen molar-refractivity contribution < 1.29 is 23.9 Å². The van der Waals surface area contributed by atoms with Gasteiger partial charge in [-0.15, -0.1) is 5.10 Å². The van der Waals surface area contributed by atoms with Gasteiger partial charge in [-0.25, -0.2) is 4.79 Å². The maximum atomic E-state index is 12.3. The standard InChI is InChI=1S/C18H28N6O5/c1-11-17(12(2)29-22-11)20-18(26)19-15-5-4-14(28-16(15)9-25)6-7-24-8-13(10-27-3)21-23-24/h8,14-16,25H,4-7,9-10H2,1-3H3,(H2,19,20,26)/t14-,15-,16-/m1/s1. The molecule has 11 heteroatoms. The summed E-state index contributed by atoms with van der Waals surface area (Å²) >= 11 is 0. The van der Waals surface area contributed by atoms with Gasteiger partial charge >= 0.3 is 6.03 Å². The fraction of sp³-hybridized carbons (Fsp3) is 0.667. The number of amides is 2. The van der Waals surface area contributed by atoms with E-state index in [-0.39, 0.29) is 24.8 Å². The third-order valence-electron chi connectivity index (χ3n) is 4.94. The zero-order valence-corrected chi connectivity index (χ0v) is 16.9. The number of hydrogen-bond donors (Lipinski definition) is 3. The van der Waals surface area contributed by atoms with Crippen LogP contribution in [0.1, 0.15) is 36.4 Å². The lowest BCUT2D eigenvalue weighted by Gasteiger charge is -2.36. The van der Waals surface area contributed by atoms with E-state index in [0.717, 1.165) is 18.5 Å². The molecule has 11 nitrogen and oxygen atoms in total. The van der Waals surface area contributed by atoms with Gasteiger partial charge in [-0.3, -0.25) is 4.68 Å². The van der Waals surface area contributed by atoms with Crippen LogP contribution in [0.15, 0.2) is 10.7 Å². The highest BCUT2D eigenvalue weighted by molar-refractivity contribution is 5.90. The van der Waals surface area contributed by atoms with E-state index >= 15 is 0 Å². The summed E-state index contributed by atoms with van der Waals surface area (Å²) in [5, 5.41) is 27.3. The lowest BCUT2D eigenvalue weighted by molar-refractivity contribution is -0.0905. The Balaban J connectivity index is 1.47. The number of nitrogens with zero attached hydrogens (tertiary/aromatic N) is 4. The fourth-order valence-electron chi connectivity index (χ4n) is 3.43. The summed E-state index contributed by atoms with van der Waals surface area (Å²) in [6, 6.07) is -0.658. The molecule has 1 aliphatic heterocycles. The highest BCUT2D eigenvalue weighted by atomic mass is 16.5. The Morgan fingerprint density at radius 3 is 2.93 bits per heavy atom. The van der Waals surface area contributed by atoms with Crippen LogP contribution in [0.4, 0.5) is 10.5 Å². The van der Waals surface area contributed by atoms with Gasteiger partial charge in [-0.2, -0.15) is 0 Å². The molecule has 1 fully saturated rings. The van der Waals surface area contributed by atoms with Gasteiger partial charge in [0, 0.05) is 13.7 Å². The number of nitrogens with one attached hydrogen (secondary N) is 2. The first kappa shape index (κ1) is 21.2. The van der Waals surface area contributed by atoms with Gasteiger partial charge in [0.1, 0.15) is 23.2 Å². The van der Waals surface area contributed by atoms with Crippen molar-refractivity contribution in [3.8, 4) is 0 Å². The third-order valence-corrected chi connectivity index (χ3v) is 4.94. The molecule has 3 atom stereocenters. The monoisotopic (exact) mass is 408 g/mol. The number of ether oxygens (including phenoxy) is 2. The van der Waals surface area contributed by atoms with Crippen molar-refractivity contribution in [3.63, 3.8) is 0 Å². The molecule has 2 amide bonds. The van der Waals surface area contributed by atoms with Crippen LogP contribution in [-0.4, -0.2) is 63.3 Å². The summed E-state index contributed by atoms with van der Waals surface area (Å²) in [4.78, 5) is 12.3. The molecule has 3 rings (SSSR count). The van der Waals surface area contributed by atoms with Crippen molar-refractivity contribution in [1.29, 1.82) is 0 Å². The number of anilines is 1. The van der Waals surface area contributed by atoms with Gasteiger partial charge in [-0.05, 0) is 33.1 Å². The fourth-order valence-corrected chi connectivity index (χ4v) is 3.43. The minimum atomic E-state index is -0.469. The molecule has 2 aromatic heterocycles. The molecule has 1 aliphatic rings. The highest BCUT2D eigenvalue weighted by Crippen LogP contribution is 2.23. The average molecular weight is 408 g/mol. The molecule has 2 aromatic rings. The van der Waals surface area contributed by atoms with E-state index in [1.807, 2.05) is 6.20 Å². The van der Waals surface area contributed by atoms with Gasteiger partial charge < -0.3 is 29.7 Å². The molecule has 0 radical (unpaired) electrons. The van der Waals surface area contributed by atoms with Gasteiger partial charge in [0.15, 0.2) is 5.76 Å². The van der Waals surface area contributed by atoms with E-state index < -0.39 is 6.10 Å². The maximum absolute atomic E-state index is 12.3. The molecular formula is C18H28N6O5. The smallest absolute Gasteiger partial charge is 0.319 e. The number of aliphatic hydroxyl groups excluding tert-OH is 1. The predicted octanol–water partition coefficient (Wildman–Crippen LogP) is 1.15. The zero-order valence-electron chi connectivity index (χ0n) is 16.9. The second-order valence-electron chi connectivity index (χ2n) is 7.16. The van der Waals surface area contributed by atoms with E-state index in [0.29, 0.717) is 36.7 Å². The van der Waals surface area contributed by atoms with Crippen LogP contribution in [0.2, 0.25) is 0 Å². The molecular weight excluding hydrogens is 380 g/mol. The Bertz CT molecular complexity index is 787. The molecule has 0 unspecified atom stereocenters. The quantitative estimate of drug-likeness (QED) is 0.592. The van der Waals surface area contributed by atoms with Crippen LogP contribution >= 0.6 is 0 Å². The normalized spacial score (nSPS) is 21.9. The summed E-state index contributed by atoms with van der Waals surface area (Å²) in [6.45, 7) is 4.40. The van der Waals surface area contributed by atoms with E-state index in [9.17, 15) is 9.90 Å². The highest BCUT2D eigenvalue weighted by Gasteiger charge is 2.32. The lowest BCUT2D eigenvalue weighted by Crippen LogP contribution is -2.52. The van der Waals surface area contributed by atoms with E-state index in [4.69, 9.17) is 14.0 Å². The van der Waals surface area contributed by atoms with Crippen LogP contribution in [0.25, 0.3) is 0 Å². The number of aromatic nitrogens is 4. The molecule has 0 aliphatic carbocycles. The first-order valence-electron chi connectivity index (χ1n) is 9.64. The molecule has 3 N–H and O–H groups in total. The molecule has 29 heavy (non-hydrogen) atoms. The number of aliphatic hydroxyl groups is 1. The number of methoxy groups -OCH3 is 1. The van der Waals surface area contributed by atoms with Crippen LogP contribution in [0.3, 0.4) is 0 Å². The molecule has 0 saturated carbocycles. The SMILES string of the molecule is COCc1cn(CC[C@H]2CC[C@@H](NC(=O)Nc3c(C)noc3C)[C@@H](CO)O2)nn1. The Labute approximate surface area is 168 Å². The van der Waals surface area contributed by atoms with Gasteiger partial charge in [0.25, 0.3) is 0 Å². The number of carbonyl (C=O) groups excluding carboxylic acids is 1. The third kappa shape index (κ3) is 5.52. The van der Waals surface area contributed by atoms with Crippen molar-refractivity contribution in [2.75, 3.05) is 19.0 Å². The molecule has 0 bridgehead atoms. The summed E-state index contributed by atoms with van der Waals surface area (Å²) in [5.74, 6) is 0.540. The van der Waals surface area contributed by atoms with Crippen LogP contribution in [0, 0.1) is 13.8 Å². The van der Waals surface area contributed by atoms with E-state index in [1.54, 1.807) is 25.6 Å². The topological polar surface area (TPSA) is 137 Å². The first-order chi connectivity index (χ1) is 14.0. The maximum Gasteiger partial charge on any atom is 0.319 e. The largest absolute Gasteiger partial charge is 0.394 e. The predicted molar refractivity (Wildman–Crippen MR) is 102 cm³/mol. The van der Waals surface area contributed by atoms with Crippen molar-refractivity contribution in [2.45, 2.75) is 64.5 Å². The molecule has 0 spiro atoms. The summed E-state index contributed by atoms with van der Waals surface area (Å²) in [7, 11) is 1.61. The second kappa shape index (κ2) is 9.81. The van der Waals surface area contributed by atoms with Gasteiger partial charge in [0.2, 0.25) is 0 Å². The number of carbonyl (C=O) groups is 1. The minimum Gasteiger partial charge on any atom is -0.394 e. The van der Waals surface area contributed by atoms with Crippen molar-refractivity contribution in [1.82, 2.24) is 25.5 Å². The van der Waals surface area contributed by atoms with Gasteiger partial charge in [0.05, 0.1) is 31.6 Å². The Kier molecular flexibility index (Phi) is 7.18. The van der Waals surface area contributed by atoms with E-state index in [1.165, 1.54) is 0 Å². The van der Waals surface area contributed by atoms with E-state index in [2.05, 4.69) is 26.1 Å². The second-order valence-corrected chi connectivity index (χ2v) is 7.16. The number of aryl methyl sites for hydroxylation is 3. The minimum absolute atomic E-state index is 0.0223. The van der Waals surface area contributed by atoms with Gasteiger partial charge in [-0.1, -0.05) is 10.4 Å². The zero-order chi connectivity index (χ0) is 20.8.